The van der Waals surface area contributed by atoms with Gasteiger partial charge in [0, 0.05) is 12.0 Å². The molecule has 5 heteroatoms. The number of halogens is 1. The summed E-state index contributed by atoms with van der Waals surface area (Å²) >= 11 is 0. The van der Waals surface area contributed by atoms with E-state index in [1.54, 1.807) is 7.11 Å². The second-order valence-electron chi connectivity index (χ2n) is 8.29. The summed E-state index contributed by atoms with van der Waals surface area (Å²) in [6, 6.07) is 8.62. The van der Waals surface area contributed by atoms with E-state index in [4.69, 9.17) is 10.5 Å². The van der Waals surface area contributed by atoms with Crippen molar-refractivity contribution in [1.29, 1.82) is 0 Å². The van der Waals surface area contributed by atoms with E-state index in [1.165, 1.54) is 37.7 Å². The van der Waals surface area contributed by atoms with Crippen LogP contribution in [0, 0.1) is 23.7 Å². The van der Waals surface area contributed by atoms with Crippen LogP contribution < -0.4 is 15.8 Å². The molecule has 3 aliphatic rings. The van der Waals surface area contributed by atoms with Gasteiger partial charge in [0.25, 0.3) is 0 Å². The first-order valence-corrected chi connectivity index (χ1v) is 9.85. The van der Waals surface area contributed by atoms with Crippen molar-refractivity contribution in [2.45, 2.75) is 57.0 Å². The topological polar surface area (TPSA) is 64.3 Å². The minimum absolute atomic E-state index is 0. The molecule has 3 unspecified atom stereocenters. The summed E-state index contributed by atoms with van der Waals surface area (Å²) in [6.07, 6.45) is 8.05. The number of rotatable bonds is 5. The summed E-state index contributed by atoms with van der Waals surface area (Å²) in [6.45, 7) is 0. The molecule has 26 heavy (non-hydrogen) atoms. The minimum Gasteiger partial charge on any atom is -0.497 e. The molecule has 1 aromatic carbocycles. The Balaban J connectivity index is 0.00000196. The number of carbonyl (C=O) groups excluding carboxylic acids is 1. The SMILES string of the molecule is COc1ccc(C(NC(=O)C2CC3CCCC(C2)C3N)C2CC2)cc1.Cl. The molecule has 3 aliphatic carbocycles. The van der Waals surface area contributed by atoms with E-state index in [-0.39, 0.29) is 30.3 Å². The fourth-order valence-corrected chi connectivity index (χ4v) is 4.99. The molecule has 0 aliphatic heterocycles. The quantitative estimate of drug-likeness (QED) is 0.818. The Bertz CT molecular complexity index is 603. The van der Waals surface area contributed by atoms with Gasteiger partial charge in [-0.1, -0.05) is 18.6 Å². The molecule has 0 radical (unpaired) electrons. The predicted octanol–water partition coefficient (Wildman–Crippen LogP) is 3.84. The number of hydrogen-bond donors (Lipinski definition) is 2. The molecule has 0 heterocycles. The zero-order valence-electron chi connectivity index (χ0n) is 15.5. The average Bonchev–Trinajstić information content (AvgIpc) is 3.44. The number of hydrogen-bond acceptors (Lipinski definition) is 3. The maximum atomic E-state index is 13.0. The van der Waals surface area contributed by atoms with Gasteiger partial charge in [-0.15, -0.1) is 12.4 Å². The van der Waals surface area contributed by atoms with Crippen LogP contribution in [0.5, 0.6) is 5.75 Å². The fourth-order valence-electron chi connectivity index (χ4n) is 4.99. The van der Waals surface area contributed by atoms with Crippen molar-refractivity contribution in [3.63, 3.8) is 0 Å². The molecule has 4 rings (SSSR count). The van der Waals surface area contributed by atoms with Gasteiger partial charge >= 0.3 is 0 Å². The molecule has 3 atom stereocenters. The van der Waals surface area contributed by atoms with Crippen molar-refractivity contribution in [3.05, 3.63) is 29.8 Å². The maximum Gasteiger partial charge on any atom is 0.223 e. The van der Waals surface area contributed by atoms with Gasteiger partial charge in [-0.3, -0.25) is 4.79 Å². The van der Waals surface area contributed by atoms with Crippen LogP contribution >= 0.6 is 12.4 Å². The summed E-state index contributed by atoms with van der Waals surface area (Å²) in [7, 11) is 1.68. The molecule has 3 fully saturated rings. The van der Waals surface area contributed by atoms with E-state index >= 15 is 0 Å². The number of nitrogens with one attached hydrogen (secondary N) is 1. The highest BCUT2D eigenvalue weighted by Crippen LogP contribution is 2.44. The van der Waals surface area contributed by atoms with Crippen LogP contribution in [-0.4, -0.2) is 19.1 Å². The number of ether oxygens (including phenoxy) is 1. The van der Waals surface area contributed by atoms with E-state index in [0.29, 0.717) is 23.8 Å². The van der Waals surface area contributed by atoms with Gasteiger partial charge in [0.2, 0.25) is 5.91 Å². The van der Waals surface area contributed by atoms with E-state index < -0.39 is 0 Å². The monoisotopic (exact) mass is 378 g/mol. The lowest BCUT2D eigenvalue weighted by Gasteiger charge is -2.43. The Morgan fingerprint density at radius 3 is 2.27 bits per heavy atom. The predicted molar refractivity (Wildman–Crippen MR) is 105 cm³/mol. The Labute approximate surface area is 162 Å². The van der Waals surface area contributed by atoms with Crippen molar-refractivity contribution >= 4 is 18.3 Å². The summed E-state index contributed by atoms with van der Waals surface area (Å²) in [4.78, 5) is 13.0. The van der Waals surface area contributed by atoms with Gasteiger partial charge in [-0.05, 0) is 74.0 Å². The Hall–Kier alpha value is -1.26. The average molecular weight is 379 g/mol. The summed E-state index contributed by atoms with van der Waals surface area (Å²) in [5.74, 6) is 2.93. The van der Waals surface area contributed by atoms with Crippen molar-refractivity contribution < 1.29 is 9.53 Å². The van der Waals surface area contributed by atoms with E-state index in [2.05, 4.69) is 17.4 Å². The lowest BCUT2D eigenvalue weighted by molar-refractivity contribution is -0.128. The smallest absolute Gasteiger partial charge is 0.223 e. The molecular weight excluding hydrogens is 348 g/mol. The van der Waals surface area contributed by atoms with E-state index in [9.17, 15) is 4.79 Å². The minimum atomic E-state index is 0. The van der Waals surface area contributed by atoms with Crippen LogP contribution in [0.4, 0.5) is 0 Å². The van der Waals surface area contributed by atoms with E-state index in [1.807, 2.05) is 12.1 Å². The summed E-state index contributed by atoms with van der Waals surface area (Å²) < 4.78 is 5.25. The number of fused-ring (bicyclic) bond motifs is 2. The fraction of sp³-hybridized carbons (Fsp3) is 0.667. The first kappa shape index (κ1) is 19.5. The molecule has 2 bridgehead atoms. The van der Waals surface area contributed by atoms with Gasteiger partial charge in [0.15, 0.2) is 0 Å². The largest absolute Gasteiger partial charge is 0.497 e. The number of carbonyl (C=O) groups is 1. The van der Waals surface area contributed by atoms with Crippen LogP contribution in [0.25, 0.3) is 0 Å². The van der Waals surface area contributed by atoms with Gasteiger partial charge in [-0.2, -0.15) is 0 Å². The normalized spacial score (nSPS) is 31.5. The van der Waals surface area contributed by atoms with Crippen LogP contribution in [0.15, 0.2) is 24.3 Å². The van der Waals surface area contributed by atoms with Crippen LogP contribution in [0.1, 0.15) is 56.6 Å². The first-order chi connectivity index (χ1) is 12.2. The van der Waals surface area contributed by atoms with Crippen LogP contribution in [-0.2, 0) is 4.79 Å². The molecule has 0 aromatic heterocycles. The molecule has 4 nitrogen and oxygen atoms in total. The van der Waals surface area contributed by atoms with Crippen molar-refractivity contribution in [1.82, 2.24) is 5.32 Å². The second kappa shape index (κ2) is 8.18. The second-order valence-corrected chi connectivity index (χ2v) is 8.29. The third-order valence-electron chi connectivity index (χ3n) is 6.65. The number of nitrogens with two attached hydrogens (primary N) is 1. The highest BCUT2D eigenvalue weighted by Gasteiger charge is 2.42. The third-order valence-corrected chi connectivity index (χ3v) is 6.65. The number of amides is 1. The Morgan fingerprint density at radius 2 is 1.73 bits per heavy atom. The standard InChI is InChI=1S/C21H30N2O2.ClH/c1-25-18-9-7-14(8-10-18)20(13-5-6-13)23-21(24)17-11-15-3-2-4-16(12-17)19(15)22;/h7-10,13,15-17,19-20H,2-6,11-12,22H2,1H3,(H,23,24);1H. The zero-order valence-corrected chi connectivity index (χ0v) is 16.3. The lowest BCUT2D eigenvalue weighted by atomic mass is 9.65. The highest BCUT2D eigenvalue weighted by molar-refractivity contribution is 5.85. The maximum absolute atomic E-state index is 13.0. The third kappa shape index (κ3) is 4.01. The molecular formula is C21H31ClN2O2. The molecule has 0 spiro atoms. The van der Waals surface area contributed by atoms with Gasteiger partial charge in [0.05, 0.1) is 13.2 Å². The van der Waals surface area contributed by atoms with Crippen LogP contribution in [0.3, 0.4) is 0 Å². The molecule has 1 amide bonds. The number of methoxy groups -OCH3 is 1. The molecule has 0 saturated heterocycles. The Kier molecular flexibility index (Phi) is 6.13. The first-order valence-electron chi connectivity index (χ1n) is 9.85. The van der Waals surface area contributed by atoms with Crippen LogP contribution in [0.2, 0.25) is 0 Å². The van der Waals surface area contributed by atoms with E-state index in [0.717, 1.165) is 18.6 Å². The molecule has 3 saturated carbocycles. The number of benzene rings is 1. The summed E-state index contributed by atoms with van der Waals surface area (Å²) in [5.41, 5.74) is 7.58. The summed E-state index contributed by atoms with van der Waals surface area (Å²) in [5, 5.41) is 3.39. The zero-order chi connectivity index (χ0) is 17.4. The van der Waals surface area contributed by atoms with Crippen molar-refractivity contribution in [2.24, 2.45) is 29.4 Å². The Morgan fingerprint density at radius 1 is 1.12 bits per heavy atom. The highest BCUT2D eigenvalue weighted by atomic mass is 35.5. The molecule has 1 aromatic rings. The molecule has 3 N–H and O–H groups in total. The van der Waals surface area contributed by atoms with Gasteiger partial charge in [-0.25, -0.2) is 0 Å². The van der Waals surface area contributed by atoms with Gasteiger partial charge in [0.1, 0.15) is 5.75 Å². The lowest BCUT2D eigenvalue weighted by Crippen LogP contribution is -2.49. The van der Waals surface area contributed by atoms with Crippen molar-refractivity contribution in [2.75, 3.05) is 7.11 Å². The van der Waals surface area contributed by atoms with Crippen molar-refractivity contribution in [3.8, 4) is 5.75 Å². The molecule has 144 valence electrons. The van der Waals surface area contributed by atoms with Gasteiger partial charge < -0.3 is 15.8 Å².